The van der Waals surface area contributed by atoms with E-state index in [0.717, 1.165) is 5.56 Å². The minimum absolute atomic E-state index is 0.0563. The number of benzene rings is 1. The molecule has 1 aliphatic rings. The van der Waals surface area contributed by atoms with Crippen LogP contribution in [0.25, 0.3) is 0 Å². The first kappa shape index (κ1) is 18.8. The van der Waals surface area contributed by atoms with E-state index in [9.17, 15) is 14.4 Å². The summed E-state index contributed by atoms with van der Waals surface area (Å²) in [5.74, 6) is -0.194. The van der Waals surface area contributed by atoms with Crippen LogP contribution in [-0.2, 0) is 30.3 Å². The van der Waals surface area contributed by atoms with E-state index < -0.39 is 0 Å². The van der Waals surface area contributed by atoms with Crippen LogP contribution in [0.15, 0.2) is 24.3 Å². The van der Waals surface area contributed by atoms with Crippen molar-refractivity contribution in [2.45, 2.75) is 19.3 Å². The van der Waals surface area contributed by atoms with Gasteiger partial charge in [0.1, 0.15) is 5.75 Å². The first-order chi connectivity index (χ1) is 12.0. The minimum Gasteiger partial charge on any atom is -0.484 e. The molecule has 0 radical (unpaired) electrons. The Bertz CT molecular complexity index is 604. The van der Waals surface area contributed by atoms with Gasteiger partial charge in [-0.15, -0.1) is 0 Å². The number of methoxy groups -OCH3 is 2. The summed E-state index contributed by atoms with van der Waals surface area (Å²) in [6.07, 6.45) is 1.42. The maximum absolute atomic E-state index is 12.2. The van der Waals surface area contributed by atoms with Crippen molar-refractivity contribution in [1.82, 2.24) is 4.90 Å². The van der Waals surface area contributed by atoms with Gasteiger partial charge in [0, 0.05) is 13.1 Å². The van der Waals surface area contributed by atoms with Gasteiger partial charge in [0.2, 0.25) is 0 Å². The number of ether oxygens (including phenoxy) is 3. The molecular weight excluding hydrogens is 326 g/mol. The summed E-state index contributed by atoms with van der Waals surface area (Å²) in [5, 5.41) is 0. The average Bonchev–Trinajstić information content (AvgIpc) is 2.66. The van der Waals surface area contributed by atoms with E-state index in [1.807, 2.05) is 0 Å². The molecule has 1 heterocycles. The van der Waals surface area contributed by atoms with Gasteiger partial charge in [-0.25, -0.2) is 0 Å². The highest BCUT2D eigenvalue weighted by Gasteiger charge is 2.27. The molecule has 0 spiro atoms. The second kappa shape index (κ2) is 9.05. The molecule has 0 aliphatic carbocycles. The molecule has 0 bridgehead atoms. The molecule has 7 nitrogen and oxygen atoms in total. The standard InChI is InChI=1S/C18H23NO6/c1-23-17(21)11-13-3-5-15(6-4-13)25-12-16(20)19-9-7-14(8-10-19)18(22)24-2/h3-6,14H,7-12H2,1-2H3. The maximum atomic E-state index is 12.2. The number of nitrogens with zero attached hydrogens (tertiary/aromatic N) is 1. The topological polar surface area (TPSA) is 82.1 Å². The van der Waals surface area contributed by atoms with Gasteiger partial charge in [-0.1, -0.05) is 12.1 Å². The Morgan fingerprint density at radius 3 is 2.24 bits per heavy atom. The van der Waals surface area contributed by atoms with Crippen LogP contribution >= 0.6 is 0 Å². The smallest absolute Gasteiger partial charge is 0.309 e. The SMILES string of the molecule is COC(=O)Cc1ccc(OCC(=O)N2CCC(C(=O)OC)CC2)cc1. The molecule has 1 aromatic rings. The number of carbonyl (C=O) groups excluding carboxylic acids is 3. The van der Waals surface area contributed by atoms with E-state index in [0.29, 0.717) is 31.7 Å². The lowest BCUT2D eigenvalue weighted by atomic mass is 9.97. The Morgan fingerprint density at radius 1 is 1.04 bits per heavy atom. The quantitative estimate of drug-likeness (QED) is 0.718. The van der Waals surface area contributed by atoms with Crippen LogP contribution in [0.2, 0.25) is 0 Å². The normalized spacial score (nSPS) is 14.7. The number of rotatable bonds is 6. The summed E-state index contributed by atoms with van der Waals surface area (Å²) in [5.41, 5.74) is 0.815. The zero-order chi connectivity index (χ0) is 18.2. The number of esters is 2. The molecule has 1 aromatic carbocycles. The van der Waals surface area contributed by atoms with Crippen molar-refractivity contribution in [2.75, 3.05) is 33.9 Å². The molecule has 0 aromatic heterocycles. The molecular formula is C18H23NO6. The Hall–Kier alpha value is -2.57. The Balaban J connectivity index is 1.77. The number of amides is 1. The third kappa shape index (κ3) is 5.48. The number of likely N-dealkylation sites (tertiary alicyclic amines) is 1. The predicted molar refractivity (Wildman–Crippen MR) is 89.0 cm³/mol. The van der Waals surface area contributed by atoms with E-state index >= 15 is 0 Å². The van der Waals surface area contributed by atoms with Gasteiger partial charge in [0.25, 0.3) is 5.91 Å². The highest BCUT2D eigenvalue weighted by atomic mass is 16.5. The van der Waals surface area contributed by atoms with E-state index in [-0.39, 0.29) is 36.8 Å². The molecule has 0 N–H and O–H groups in total. The second-order valence-electron chi connectivity index (χ2n) is 5.86. The minimum atomic E-state index is -0.306. The van der Waals surface area contributed by atoms with Crippen molar-refractivity contribution in [3.05, 3.63) is 29.8 Å². The number of hydrogen-bond donors (Lipinski definition) is 0. The van der Waals surface area contributed by atoms with Gasteiger partial charge in [0.05, 0.1) is 26.6 Å². The summed E-state index contributed by atoms with van der Waals surface area (Å²) in [4.78, 5) is 36.6. The number of hydrogen-bond acceptors (Lipinski definition) is 6. The van der Waals surface area contributed by atoms with Crippen molar-refractivity contribution in [2.24, 2.45) is 5.92 Å². The fourth-order valence-corrected chi connectivity index (χ4v) is 2.71. The van der Waals surface area contributed by atoms with Crippen LogP contribution < -0.4 is 4.74 Å². The second-order valence-corrected chi connectivity index (χ2v) is 5.86. The van der Waals surface area contributed by atoms with Gasteiger partial charge >= 0.3 is 11.9 Å². The van der Waals surface area contributed by atoms with Crippen LogP contribution in [0.5, 0.6) is 5.75 Å². The molecule has 1 aliphatic heterocycles. The largest absolute Gasteiger partial charge is 0.484 e. The zero-order valence-corrected chi connectivity index (χ0v) is 14.5. The van der Waals surface area contributed by atoms with Crippen LogP contribution in [-0.4, -0.2) is 56.7 Å². The van der Waals surface area contributed by atoms with Crippen molar-refractivity contribution in [3.8, 4) is 5.75 Å². The molecule has 1 saturated heterocycles. The van der Waals surface area contributed by atoms with Gasteiger partial charge in [-0.05, 0) is 30.5 Å². The van der Waals surface area contributed by atoms with Crippen molar-refractivity contribution in [3.63, 3.8) is 0 Å². The summed E-state index contributed by atoms with van der Waals surface area (Å²) in [7, 11) is 2.73. The van der Waals surface area contributed by atoms with E-state index in [2.05, 4.69) is 4.74 Å². The molecule has 1 amide bonds. The zero-order valence-electron chi connectivity index (χ0n) is 14.5. The molecule has 7 heteroatoms. The first-order valence-corrected chi connectivity index (χ1v) is 8.17. The number of piperidine rings is 1. The fourth-order valence-electron chi connectivity index (χ4n) is 2.71. The average molecular weight is 349 g/mol. The summed E-state index contributed by atoms with van der Waals surface area (Å²) < 4.78 is 14.8. The molecule has 0 unspecified atom stereocenters. The molecule has 1 fully saturated rings. The first-order valence-electron chi connectivity index (χ1n) is 8.17. The van der Waals surface area contributed by atoms with Crippen LogP contribution in [0, 0.1) is 5.92 Å². The lowest BCUT2D eigenvalue weighted by molar-refractivity contribution is -0.149. The van der Waals surface area contributed by atoms with Gasteiger partial charge in [-0.2, -0.15) is 0 Å². The summed E-state index contributed by atoms with van der Waals surface area (Å²) >= 11 is 0. The number of carbonyl (C=O) groups is 3. The van der Waals surface area contributed by atoms with Gasteiger partial charge < -0.3 is 19.1 Å². The lowest BCUT2D eigenvalue weighted by Crippen LogP contribution is -2.42. The highest BCUT2D eigenvalue weighted by molar-refractivity contribution is 5.78. The van der Waals surface area contributed by atoms with Crippen molar-refractivity contribution in [1.29, 1.82) is 0 Å². The van der Waals surface area contributed by atoms with Crippen molar-refractivity contribution >= 4 is 17.8 Å². The maximum Gasteiger partial charge on any atom is 0.309 e. The van der Waals surface area contributed by atoms with Crippen LogP contribution in [0.3, 0.4) is 0 Å². The van der Waals surface area contributed by atoms with Gasteiger partial charge in [-0.3, -0.25) is 14.4 Å². The predicted octanol–water partition coefficient (Wildman–Crippen LogP) is 1.19. The molecule has 136 valence electrons. The van der Waals surface area contributed by atoms with Gasteiger partial charge in [0.15, 0.2) is 6.61 Å². The lowest BCUT2D eigenvalue weighted by Gasteiger charge is -2.30. The molecule has 0 saturated carbocycles. The third-order valence-electron chi connectivity index (χ3n) is 4.24. The van der Waals surface area contributed by atoms with E-state index in [1.165, 1.54) is 14.2 Å². The van der Waals surface area contributed by atoms with Crippen molar-refractivity contribution < 1.29 is 28.6 Å². The Kier molecular flexibility index (Phi) is 6.80. The third-order valence-corrected chi connectivity index (χ3v) is 4.24. The molecule has 25 heavy (non-hydrogen) atoms. The molecule has 0 atom stereocenters. The monoisotopic (exact) mass is 349 g/mol. The fraction of sp³-hybridized carbons (Fsp3) is 0.500. The summed E-state index contributed by atoms with van der Waals surface area (Å²) in [6.45, 7) is 0.999. The van der Waals surface area contributed by atoms with E-state index in [1.54, 1.807) is 29.2 Å². The van der Waals surface area contributed by atoms with Crippen LogP contribution in [0.1, 0.15) is 18.4 Å². The summed E-state index contributed by atoms with van der Waals surface area (Å²) in [6, 6.07) is 6.96. The Morgan fingerprint density at radius 2 is 1.68 bits per heavy atom. The molecule has 2 rings (SSSR count). The Labute approximate surface area is 146 Å². The highest BCUT2D eigenvalue weighted by Crippen LogP contribution is 2.19. The van der Waals surface area contributed by atoms with E-state index in [4.69, 9.17) is 9.47 Å². The van der Waals surface area contributed by atoms with Crippen LogP contribution in [0.4, 0.5) is 0 Å².